The van der Waals surface area contributed by atoms with E-state index in [0.717, 1.165) is 11.4 Å². The Balaban J connectivity index is 2.20. The Labute approximate surface area is 106 Å². The van der Waals surface area contributed by atoms with Crippen LogP contribution in [-0.4, -0.2) is 16.6 Å². The SMILES string of the molecule is CCOc1cccc(Nc2cc(N)nc(C)n2)c1. The van der Waals surface area contributed by atoms with E-state index in [4.69, 9.17) is 10.5 Å². The fraction of sp³-hybridized carbons (Fsp3) is 0.231. The van der Waals surface area contributed by atoms with Crippen LogP contribution in [0.25, 0.3) is 0 Å². The summed E-state index contributed by atoms with van der Waals surface area (Å²) in [5, 5.41) is 3.17. The van der Waals surface area contributed by atoms with E-state index in [-0.39, 0.29) is 0 Å². The van der Waals surface area contributed by atoms with Gasteiger partial charge in [0.05, 0.1) is 6.61 Å². The van der Waals surface area contributed by atoms with Crippen molar-refractivity contribution in [1.29, 1.82) is 0 Å². The van der Waals surface area contributed by atoms with Crippen molar-refractivity contribution in [2.45, 2.75) is 13.8 Å². The molecule has 2 rings (SSSR count). The van der Waals surface area contributed by atoms with Gasteiger partial charge in [-0.1, -0.05) is 6.07 Å². The van der Waals surface area contributed by atoms with E-state index in [2.05, 4.69) is 15.3 Å². The molecule has 0 spiro atoms. The number of rotatable bonds is 4. The second-order valence-electron chi connectivity index (χ2n) is 3.81. The molecule has 94 valence electrons. The summed E-state index contributed by atoms with van der Waals surface area (Å²) >= 11 is 0. The monoisotopic (exact) mass is 244 g/mol. The Hall–Kier alpha value is -2.30. The van der Waals surface area contributed by atoms with Crippen molar-refractivity contribution in [3.63, 3.8) is 0 Å². The van der Waals surface area contributed by atoms with Crippen LogP contribution >= 0.6 is 0 Å². The Kier molecular flexibility index (Phi) is 3.62. The van der Waals surface area contributed by atoms with Crippen molar-refractivity contribution < 1.29 is 4.74 Å². The van der Waals surface area contributed by atoms with Crippen LogP contribution in [0.2, 0.25) is 0 Å². The molecule has 1 aromatic carbocycles. The summed E-state index contributed by atoms with van der Waals surface area (Å²) in [5.74, 6) is 2.58. The van der Waals surface area contributed by atoms with Gasteiger partial charge in [0.25, 0.3) is 0 Å². The Bertz CT molecular complexity index is 522. The highest BCUT2D eigenvalue weighted by molar-refractivity contribution is 5.60. The van der Waals surface area contributed by atoms with Crippen molar-refractivity contribution in [2.24, 2.45) is 0 Å². The maximum absolute atomic E-state index is 5.67. The molecule has 0 radical (unpaired) electrons. The topological polar surface area (TPSA) is 73.1 Å². The van der Waals surface area contributed by atoms with Crippen LogP contribution in [0, 0.1) is 6.92 Å². The predicted molar refractivity (Wildman–Crippen MR) is 72.1 cm³/mol. The number of nitrogen functional groups attached to an aromatic ring is 1. The van der Waals surface area contributed by atoms with Crippen molar-refractivity contribution in [2.75, 3.05) is 17.7 Å². The van der Waals surface area contributed by atoms with E-state index in [9.17, 15) is 0 Å². The van der Waals surface area contributed by atoms with E-state index in [0.29, 0.717) is 24.1 Å². The normalized spacial score (nSPS) is 10.1. The number of hydrogen-bond donors (Lipinski definition) is 2. The molecule has 0 fully saturated rings. The van der Waals surface area contributed by atoms with Crippen LogP contribution in [0.3, 0.4) is 0 Å². The van der Waals surface area contributed by atoms with Crippen LogP contribution in [0.15, 0.2) is 30.3 Å². The summed E-state index contributed by atoms with van der Waals surface area (Å²) < 4.78 is 5.43. The summed E-state index contributed by atoms with van der Waals surface area (Å²) in [6, 6.07) is 9.38. The molecule has 18 heavy (non-hydrogen) atoms. The van der Waals surface area contributed by atoms with E-state index < -0.39 is 0 Å². The van der Waals surface area contributed by atoms with Gasteiger partial charge < -0.3 is 15.8 Å². The van der Waals surface area contributed by atoms with Crippen LogP contribution in [0.4, 0.5) is 17.3 Å². The summed E-state index contributed by atoms with van der Waals surface area (Å²) in [6.07, 6.45) is 0. The zero-order valence-corrected chi connectivity index (χ0v) is 10.5. The molecule has 5 nitrogen and oxygen atoms in total. The molecule has 2 aromatic rings. The molecular weight excluding hydrogens is 228 g/mol. The fourth-order valence-corrected chi connectivity index (χ4v) is 1.63. The van der Waals surface area contributed by atoms with Gasteiger partial charge in [-0.15, -0.1) is 0 Å². The molecule has 0 aliphatic heterocycles. The number of aryl methyl sites for hydroxylation is 1. The van der Waals surface area contributed by atoms with Crippen molar-refractivity contribution in [3.05, 3.63) is 36.2 Å². The molecule has 0 amide bonds. The average molecular weight is 244 g/mol. The lowest BCUT2D eigenvalue weighted by Crippen LogP contribution is -2.01. The van der Waals surface area contributed by atoms with Gasteiger partial charge >= 0.3 is 0 Å². The first-order valence-electron chi connectivity index (χ1n) is 5.78. The van der Waals surface area contributed by atoms with E-state index in [1.165, 1.54) is 0 Å². The first kappa shape index (κ1) is 12.2. The van der Waals surface area contributed by atoms with Crippen LogP contribution in [0.5, 0.6) is 5.75 Å². The smallest absolute Gasteiger partial charge is 0.136 e. The van der Waals surface area contributed by atoms with Gasteiger partial charge in [-0.2, -0.15) is 0 Å². The minimum Gasteiger partial charge on any atom is -0.494 e. The van der Waals surface area contributed by atoms with Gasteiger partial charge in [-0.3, -0.25) is 0 Å². The average Bonchev–Trinajstić information content (AvgIpc) is 2.28. The molecule has 0 saturated heterocycles. The molecule has 1 aromatic heterocycles. The Morgan fingerprint density at radius 2 is 2.11 bits per heavy atom. The van der Waals surface area contributed by atoms with Gasteiger partial charge in [-0.25, -0.2) is 9.97 Å². The highest BCUT2D eigenvalue weighted by atomic mass is 16.5. The third-order valence-corrected chi connectivity index (χ3v) is 2.28. The number of aromatic nitrogens is 2. The number of benzene rings is 1. The third kappa shape index (κ3) is 3.10. The molecule has 0 aliphatic carbocycles. The number of nitrogens with two attached hydrogens (primary N) is 1. The molecule has 0 unspecified atom stereocenters. The zero-order chi connectivity index (χ0) is 13.0. The van der Waals surface area contributed by atoms with Crippen molar-refractivity contribution in [1.82, 2.24) is 9.97 Å². The minimum absolute atomic E-state index is 0.450. The van der Waals surface area contributed by atoms with Gasteiger partial charge in [0, 0.05) is 17.8 Å². The maximum atomic E-state index is 5.67. The highest BCUT2D eigenvalue weighted by Crippen LogP contribution is 2.21. The second kappa shape index (κ2) is 5.35. The molecule has 0 atom stereocenters. The lowest BCUT2D eigenvalue weighted by Gasteiger charge is -2.09. The second-order valence-corrected chi connectivity index (χ2v) is 3.81. The van der Waals surface area contributed by atoms with Crippen LogP contribution in [0.1, 0.15) is 12.7 Å². The van der Waals surface area contributed by atoms with E-state index >= 15 is 0 Å². The Morgan fingerprint density at radius 1 is 1.28 bits per heavy atom. The molecule has 0 aliphatic rings. The Morgan fingerprint density at radius 3 is 2.83 bits per heavy atom. The molecule has 0 saturated carbocycles. The van der Waals surface area contributed by atoms with Crippen molar-refractivity contribution in [3.8, 4) is 5.75 Å². The fourth-order valence-electron chi connectivity index (χ4n) is 1.63. The van der Waals surface area contributed by atoms with Crippen LogP contribution in [-0.2, 0) is 0 Å². The van der Waals surface area contributed by atoms with Gasteiger partial charge in [0.2, 0.25) is 0 Å². The van der Waals surface area contributed by atoms with Gasteiger partial charge in [0.1, 0.15) is 23.2 Å². The molecule has 5 heteroatoms. The molecule has 3 N–H and O–H groups in total. The largest absolute Gasteiger partial charge is 0.494 e. The highest BCUT2D eigenvalue weighted by Gasteiger charge is 2.01. The van der Waals surface area contributed by atoms with E-state index in [1.807, 2.05) is 31.2 Å². The van der Waals surface area contributed by atoms with Gasteiger partial charge in [-0.05, 0) is 26.0 Å². The first-order valence-corrected chi connectivity index (χ1v) is 5.78. The lowest BCUT2D eigenvalue weighted by atomic mass is 10.3. The quantitative estimate of drug-likeness (QED) is 0.864. The molecule has 0 bridgehead atoms. The molecule has 1 heterocycles. The van der Waals surface area contributed by atoms with Crippen molar-refractivity contribution >= 4 is 17.3 Å². The standard InChI is InChI=1S/C13H16N4O/c1-3-18-11-6-4-5-10(7-11)17-13-8-12(14)15-9(2)16-13/h4-8H,3H2,1-2H3,(H3,14,15,16,17). The zero-order valence-electron chi connectivity index (χ0n) is 10.5. The van der Waals surface area contributed by atoms with Crippen LogP contribution < -0.4 is 15.8 Å². The predicted octanol–water partition coefficient (Wildman–Crippen LogP) is 2.51. The summed E-state index contributed by atoms with van der Waals surface area (Å²) in [4.78, 5) is 8.29. The minimum atomic E-state index is 0.450. The third-order valence-electron chi connectivity index (χ3n) is 2.28. The number of nitrogens with one attached hydrogen (secondary N) is 1. The number of anilines is 3. The van der Waals surface area contributed by atoms with E-state index in [1.54, 1.807) is 13.0 Å². The van der Waals surface area contributed by atoms with Gasteiger partial charge in [0.15, 0.2) is 0 Å². The summed E-state index contributed by atoms with van der Waals surface area (Å²) in [6.45, 7) is 4.40. The number of ether oxygens (including phenoxy) is 1. The summed E-state index contributed by atoms with van der Waals surface area (Å²) in [7, 11) is 0. The molecular formula is C13H16N4O. The number of hydrogen-bond acceptors (Lipinski definition) is 5. The number of nitrogens with zero attached hydrogens (tertiary/aromatic N) is 2. The lowest BCUT2D eigenvalue weighted by molar-refractivity contribution is 0.340. The summed E-state index contributed by atoms with van der Waals surface area (Å²) in [5.41, 5.74) is 6.58. The maximum Gasteiger partial charge on any atom is 0.136 e. The first-order chi connectivity index (χ1) is 8.67.